The Morgan fingerprint density at radius 1 is 1.04 bits per heavy atom. The molecule has 1 amide bonds. The standard InChI is InChI=1S/C21H23NO5/c1-26-19-8-7-13(9-17(19)21(25)27-2)12-22-20(24)16-10-14-5-3-4-6-15(14)11-18(16)23/h7-11,23H,3-6,12H2,1-2H3,(H,22,24). The number of esters is 1. The molecule has 2 N–H and O–H groups in total. The van der Waals surface area contributed by atoms with Gasteiger partial charge in [-0.3, -0.25) is 4.79 Å². The summed E-state index contributed by atoms with van der Waals surface area (Å²) in [4.78, 5) is 24.4. The maximum atomic E-state index is 12.5. The fourth-order valence-corrected chi connectivity index (χ4v) is 3.37. The van der Waals surface area contributed by atoms with E-state index in [9.17, 15) is 14.7 Å². The van der Waals surface area contributed by atoms with E-state index in [0.29, 0.717) is 11.3 Å². The first-order chi connectivity index (χ1) is 13.0. The molecule has 0 atom stereocenters. The molecule has 6 heteroatoms. The molecule has 3 rings (SSSR count). The minimum absolute atomic E-state index is 0.00173. The van der Waals surface area contributed by atoms with Crippen molar-refractivity contribution in [3.05, 3.63) is 58.1 Å². The molecular formula is C21H23NO5. The van der Waals surface area contributed by atoms with Crippen molar-refractivity contribution in [3.63, 3.8) is 0 Å². The lowest BCUT2D eigenvalue weighted by atomic mass is 9.90. The van der Waals surface area contributed by atoms with Crippen molar-refractivity contribution in [2.45, 2.75) is 32.2 Å². The molecule has 6 nitrogen and oxygen atoms in total. The fraction of sp³-hybridized carbons (Fsp3) is 0.333. The number of methoxy groups -OCH3 is 2. The maximum absolute atomic E-state index is 12.5. The Labute approximate surface area is 158 Å². The average molecular weight is 369 g/mol. The minimum atomic E-state index is -0.507. The first-order valence-corrected chi connectivity index (χ1v) is 8.91. The van der Waals surface area contributed by atoms with Gasteiger partial charge in [0.05, 0.1) is 19.8 Å². The lowest BCUT2D eigenvalue weighted by Gasteiger charge is -2.17. The van der Waals surface area contributed by atoms with Crippen LogP contribution in [-0.4, -0.2) is 31.2 Å². The van der Waals surface area contributed by atoms with E-state index in [0.717, 1.165) is 42.4 Å². The lowest BCUT2D eigenvalue weighted by molar-refractivity contribution is 0.0597. The van der Waals surface area contributed by atoms with Gasteiger partial charge in [0, 0.05) is 6.54 Å². The zero-order valence-electron chi connectivity index (χ0n) is 15.5. The summed E-state index contributed by atoms with van der Waals surface area (Å²) in [5, 5.41) is 13.0. The van der Waals surface area contributed by atoms with E-state index in [1.165, 1.54) is 14.2 Å². The molecule has 1 aliphatic rings. The summed E-state index contributed by atoms with van der Waals surface area (Å²) in [5.74, 6) is -0.453. The van der Waals surface area contributed by atoms with Crippen molar-refractivity contribution < 1.29 is 24.2 Å². The van der Waals surface area contributed by atoms with Gasteiger partial charge in [0.1, 0.15) is 17.1 Å². The van der Waals surface area contributed by atoms with E-state index in [4.69, 9.17) is 9.47 Å². The van der Waals surface area contributed by atoms with E-state index < -0.39 is 5.97 Å². The van der Waals surface area contributed by atoms with E-state index in [1.807, 2.05) is 0 Å². The number of hydrogen-bond acceptors (Lipinski definition) is 5. The van der Waals surface area contributed by atoms with Crippen LogP contribution < -0.4 is 10.1 Å². The number of nitrogens with one attached hydrogen (secondary N) is 1. The number of aryl methyl sites for hydroxylation is 2. The number of amides is 1. The second kappa shape index (κ2) is 8.12. The third-order valence-electron chi connectivity index (χ3n) is 4.83. The molecule has 142 valence electrons. The normalized spacial score (nSPS) is 12.8. The number of benzene rings is 2. The molecule has 0 unspecified atom stereocenters. The second-order valence-corrected chi connectivity index (χ2v) is 6.55. The predicted octanol–water partition coefficient (Wildman–Crippen LogP) is 3.00. The Balaban J connectivity index is 1.75. The Hall–Kier alpha value is -3.02. The maximum Gasteiger partial charge on any atom is 0.341 e. The van der Waals surface area contributed by atoms with Gasteiger partial charge in [0.2, 0.25) is 0 Å². The zero-order valence-corrected chi connectivity index (χ0v) is 15.5. The van der Waals surface area contributed by atoms with Crippen molar-refractivity contribution >= 4 is 11.9 Å². The predicted molar refractivity (Wildman–Crippen MR) is 100 cm³/mol. The number of rotatable bonds is 5. The van der Waals surface area contributed by atoms with Gasteiger partial charge in [-0.15, -0.1) is 0 Å². The fourth-order valence-electron chi connectivity index (χ4n) is 3.37. The minimum Gasteiger partial charge on any atom is -0.507 e. The highest BCUT2D eigenvalue weighted by Crippen LogP contribution is 2.28. The number of phenolic OH excluding ortho intramolecular Hbond substituents is 1. The van der Waals surface area contributed by atoms with Crippen molar-refractivity contribution in [2.75, 3.05) is 14.2 Å². The molecule has 27 heavy (non-hydrogen) atoms. The van der Waals surface area contributed by atoms with Gasteiger partial charge < -0.3 is 19.9 Å². The first kappa shape index (κ1) is 18.8. The number of carbonyl (C=O) groups is 2. The number of aromatic hydroxyl groups is 1. The summed E-state index contributed by atoms with van der Waals surface area (Å²) in [6.45, 7) is 0.212. The Bertz CT molecular complexity index is 875. The van der Waals surface area contributed by atoms with Crippen LogP contribution in [0.1, 0.15) is 50.2 Å². The van der Waals surface area contributed by atoms with E-state index in [1.54, 1.807) is 30.3 Å². The third-order valence-corrected chi connectivity index (χ3v) is 4.83. The molecule has 0 aliphatic heterocycles. The molecule has 0 radical (unpaired) electrons. The van der Waals surface area contributed by atoms with Gasteiger partial charge in [0.25, 0.3) is 5.91 Å². The van der Waals surface area contributed by atoms with E-state index in [-0.39, 0.29) is 23.8 Å². The first-order valence-electron chi connectivity index (χ1n) is 8.91. The van der Waals surface area contributed by atoms with Gasteiger partial charge in [-0.2, -0.15) is 0 Å². The van der Waals surface area contributed by atoms with Crippen LogP contribution in [-0.2, 0) is 24.1 Å². The SMILES string of the molecule is COC(=O)c1cc(CNC(=O)c2cc3c(cc2O)CCCC3)ccc1OC. The van der Waals surface area contributed by atoms with Crippen molar-refractivity contribution in [1.29, 1.82) is 0 Å². The molecule has 2 aromatic rings. The molecule has 0 heterocycles. The number of ether oxygens (including phenoxy) is 2. The lowest BCUT2D eigenvalue weighted by Crippen LogP contribution is -2.23. The Morgan fingerprint density at radius 3 is 2.41 bits per heavy atom. The highest BCUT2D eigenvalue weighted by molar-refractivity contribution is 5.97. The van der Waals surface area contributed by atoms with Crippen LogP contribution >= 0.6 is 0 Å². The van der Waals surface area contributed by atoms with Crippen LogP contribution in [0.15, 0.2) is 30.3 Å². The second-order valence-electron chi connectivity index (χ2n) is 6.55. The van der Waals surface area contributed by atoms with Crippen molar-refractivity contribution in [1.82, 2.24) is 5.32 Å². The highest BCUT2D eigenvalue weighted by Gasteiger charge is 2.18. The van der Waals surface area contributed by atoms with Crippen LogP contribution in [0, 0.1) is 0 Å². The average Bonchev–Trinajstić information content (AvgIpc) is 2.70. The molecular weight excluding hydrogens is 346 g/mol. The Morgan fingerprint density at radius 2 is 1.74 bits per heavy atom. The highest BCUT2D eigenvalue weighted by atomic mass is 16.5. The quantitative estimate of drug-likeness (QED) is 0.792. The van der Waals surface area contributed by atoms with Crippen LogP contribution in [0.5, 0.6) is 11.5 Å². The molecule has 0 spiro atoms. The van der Waals surface area contributed by atoms with Crippen molar-refractivity contribution in [3.8, 4) is 11.5 Å². The number of phenols is 1. The van der Waals surface area contributed by atoms with Crippen LogP contribution in [0.2, 0.25) is 0 Å². The van der Waals surface area contributed by atoms with Gasteiger partial charge >= 0.3 is 5.97 Å². The number of hydrogen-bond donors (Lipinski definition) is 2. The molecule has 0 saturated carbocycles. The number of fused-ring (bicyclic) bond motifs is 1. The topological polar surface area (TPSA) is 84.9 Å². The summed E-state index contributed by atoms with van der Waals surface area (Å²) in [7, 11) is 2.77. The Kier molecular flexibility index (Phi) is 5.64. The van der Waals surface area contributed by atoms with Crippen LogP contribution in [0.4, 0.5) is 0 Å². The van der Waals surface area contributed by atoms with Crippen LogP contribution in [0.25, 0.3) is 0 Å². The summed E-state index contributed by atoms with van der Waals surface area (Å²) in [6.07, 6.45) is 4.07. The molecule has 0 fully saturated rings. The van der Waals surface area contributed by atoms with E-state index in [2.05, 4.69) is 5.32 Å². The summed E-state index contributed by atoms with van der Waals surface area (Å²) in [6, 6.07) is 8.53. The van der Waals surface area contributed by atoms with Gasteiger partial charge in [-0.05, 0) is 66.6 Å². The monoisotopic (exact) mass is 369 g/mol. The van der Waals surface area contributed by atoms with Crippen LogP contribution in [0.3, 0.4) is 0 Å². The van der Waals surface area contributed by atoms with E-state index >= 15 is 0 Å². The third kappa shape index (κ3) is 4.05. The summed E-state index contributed by atoms with van der Waals surface area (Å²) < 4.78 is 9.92. The van der Waals surface area contributed by atoms with Gasteiger partial charge in [-0.25, -0.2) is 4.79 Å². The molecule has 1 aliphatic carbocycles. The van der Waals surface area contributed by atoms with Gasteiger partial charge in [0.15, 0.2) is 0 Å². The van der Waals surface area contributed by atoms with Gasteiger partial charge in [-0.1, -0.05) is 6.07 Å². The molecule has 0 aromatic heterocycles. The zero-order chi connectivity index (χ0) is 19.4. The largest absolute Gasteiger partial charge is 0.507 e. The van der Waals surface area contributed by atoms with Crippen molar-refractivity contribution in [2.24, 2.45) is 0 Å². The molecule has 0 saturated heterocycles. The number of carbonyl (C=O) groups excluding carboxylic acids is 2. The summed E-state index contributed by atoms with van der Waals surface area (Å²) in [5.41, 5.74) is 3.54. The smallest absolute Gasteiger partial charge is 0.341 e. The molecule has 0 bridgehead atoms. The molecule has 2 aromatic carbocycles. The summed E-state index contributed by atoms with van der Waals surface area (Å²) >= 11 is 0.